The van der Waals surface area contributed by atoms with Gasteiger partial charge in [0.05, 0.1) is 0 Å². The lowest BCUT2D eigenvalue weighted by atomic mass is 10.1. The molecule has 3 rings (SSSR count). The van der Waals surface area contributed by atoms with Crippen molar-refractivity contribution in [3.05, 3.63) is 78.1 Å². The van der Waals surface area contributed by atoms with Crippen molar-refractivity contribution in [1.82, 2.24) is 0 Å². The molecule has 0 saturated heterocycles. The normalized spacial score (nSPS) is 10.5. The average molecular weight is 291 g/mol. The van der Waals surface area contributed by atoms with Crippen molar-refractivity contribution in [3.63, 3.8) is 0 Å². The van der Waals surface area contributed by atoms with Crippen LogP contribution < -0.4 is 10.3 Å². The molecular weight excluding hydrogens is 276 g/mol. The van der Waals surface area contributed by atoms with E-state index in [1.807, 2.05) is 48.7 Å². The van der Waals surface area contributed by atoms with E-state index < -0.39 is 5.91 Å². The zero-order valence-electron chi connectivity index (χ0n) is 11.9. The van der Waals surface area contributed by atoms with Crippen LogP contribution in [-0.2, 0) is 6.54 Å². The standard InChI is InChI=1S/C18H14N2O2/c19-18(22)16-11-20(10-14-8-4-5-9-15(14)16)12-17(21)13-6-2-1-3-7-13/h1-11H,12H2,(H-,19,22)/p+1. The van der Waals surface area contributed by atoms with Gasteiger partial charge in [0.2, 0.25) is 12.3 Å². The molecule has 1 aromatic heterocycles. The minimum Gasteiger partial charge on any atom is -0.365 e. The first-order valence-corrected chi connectivity index (χ1v) is 6.95. The zero-order valence-corrected chi connectivity index (χ0v) is 11.9. The number of nitrogens with two attached hydrogens (primary N) is 1. The molecule has 3 aromatic rings. The number of pyridine rings is 1. The number of benzene rings is 2. The highest BCUT2D eigenvalue weighted by atomic mass is 16.1. The highest BCUT2D eigenvalue weighted by Gasteiger charge is 2.17. The molecule has 4 nitrogen and oxygen atoms in total. The van der Waals surface area contributed by atoms with Crippen LogP contribution in [0.4, 0.5) is 0 Å². The Morgan fingerprint density at radius 2 is 1.59 bits per heavy atom. The Bertz CT molecular complexity index is 857. The summed E-state index contributed by atoms with van der Waals surface area (Å²) in [6.07, 6.45) is 3.48. The minimum atomic E-state index is -0.502. The third-order valence-corrected chi connectivity index (χ3v) is 3.54. The molecule has 0 spiro atoms. The Labute approximate surface area is 127 Å². The number of aromatic nitrogens is 1. The summed E-state index contributed by atoms with van der Waals surface area (Å²) in [5.74, 6) is -0.519. The predicted octanol–water partition coefficient (Wildman–Crippen LogP) is 2.11. The molecule has 0 atom stereocenters. The number of carbonyl (C=O) groups is 2. The molecule has 0 radical (unpaired) electrons. The number of fused-ring (bicyclic) bond motifs is 1. The minimum absolute atomic E-state index is 0.0173. The molecule has 108 valence electrons. The van der Waals surface area contributed by atoms with Crippen LogP contribution >= 0.6 is 0 Å². The van der Waals surface area contributed by atoms with Crippen molar-refractivity contribution in [1.29, 1.82) is 0 Å². The third kappa shape index (κ3) is 2.72. The number of hydrogen-bond donors (Lipinski definition) is 1. The van der Waals surface area contributed by atoms with E-state index in [1.54, 1.807) is 22.9 Å². The highest BCUT2D eigenvalue weighted by Crippen LogP contribution is 2.15. The van der Waals surface area contributed by atoms with Gasteiger partial charge in [-0.15, -0.1) is 0 Å². The van der Waals surface area contributed by atoms with Crippen molar-refractivity contribution < 1.29 is 14.2 Å². The van der Waals surface area contributed by atoms with Crippen LogP contribution in [-0.4, -0.2) is 11.7 Å². The fraction of sp³-hybridized carbons (Fsp3) is 0.0556. The van der Waals surface area contributed by atoms with Crippen molar-refractivity contribution in [3.8, 4) is 0 Å². The Kier molecular flexibility index (Phi) is 3.66. The second-order valence-electron chi connectivity index (χ2n) is 5.08. The Balaban J connectivity index is 2.01. The Morgan fingerprint density at radius 3 is 2.32 bits per heavy atom. The van der Waals surface area contributed by atoms with E-state index in [9.17, 15) is 9.59 Å². The summed E-state index contributed by atoms with van der Waals surface area (Å²) in [6.45, 7) is 0.162. The lowest BCUT2D eigenvalue weighted by Gasteiger charge is -2.03. The first-order chi connectivity index (χ1) is 10.6. The summed E-state index contributed by atoms with van der Waals surface area (Å²) < 4.78 is 1.71. The molecule has 22 heavy (non-hydrogen) atoms. The van der Waals surface area contributed by atoms with Gasteiger partial charge in [-0.05, 0) is 6.07 Å². The lowest BCUT2D eigenvalue weighted by molar-refractivity contribution is -0.681. The van der Waals surface area contributed by atoms with Crippen LogP contribution in [0.3, 0.4) is 0 Å². The van der Waals surface area contributed by atoms with Gasteiger partial charge in [-0.25, -0.2) is 0 Å². The van der Waals surface area contributed by atoms with E-state index >= 15 is 0 Å². The van der Waals surface area contributed by atoms with Crippen molar-refractivity contribution in [2.24, 2.45) is 5.73 Å². The van der Waals surface area contributed by atoms with E-state index in [0.717, 1.165) is 10.8 Å². The summed E-state index contributed by atoms with van der Waals surface area (Å²) >= 11 is 0. The predicted molar refractivity (Wildman–Crippen MR) is 83.4 cm³/mol. The number of hydrogen-bond acceptors (Lipinski definition) is 2. The first kappa shape index (κ1) is 13.9. The summed E-state index contributed by atoms with van der Waals surface area (Å²) in [4.78, 5) is 23.9. The number of ketones is 1. The van der Waals surface area contributed by atoms with Crippen molar-refractivity contribution in [2.45, 2.75) is 6.54 Å². The Hall–Kier alpha value is -3.01. The third-order valence-electron chi connectivity index (χ3n) is 3.54. The average Bonchev–Trinajstić information content (AvgIpc) is 2.54. The lowest BCUT2D eigenvalue weighted by Crippen LogP contribution is -2.38. The van der Waals surface area contributed by atoms with Crippen LogP contribution in [0.5, 0.6) is 0 Å². The van der Waals surface area contributed by atoms with Gasteiger partial charge >= 0.3 is 0 Å². The Morgan fingerprint density at radius 1 is 0.909 bits per heavy atom. The molecule has 0 aliphatic carbocycles. The summed E-state index contributed by atoms with van der Waals surface area (Å²) in [7, 11) is 0. The van der Waals surface area contributed by atoms with Gasteiger partial charge in [-0.2, -0.15) is 4.57 Å². The zero-order chi connectivity index (χ0) is 15.5. The van der Waals surface area contributed by atoms with Crippen molar-refractivity contribution >= 4 is 22.5 Å². The van der Waals surface area contributed by atoms with E-state index in [0.29, 0.717) is 11.1 Å². The van der Waals surface area contributed by atoms with Crippen LogP contribution in [0.15, 0.2) is 67.0 Å². The molecule has 1 heterocycles. The maximum atomic E-state index is 12.3. The molecule has 2 N–H and O–H groups in total. The molecule has 2 aromatic carbocycles. The quantitative estimate of drug-likeness (QED) is 0.591. The smallest absolute Gasteiger partial charge is 0.255 e. The number of Topliss-reactive ketones (excluding diaryl/α,β-unsaturated/α-hetero) is 1. The van der Waals surface area contributed by atoms with Gasteiger partial charge in [-0.3, -0.25) is 9.59 Å². The van der Waals surface area contributed by atoms with Crippen LogP contribution in [0, 0.1) is 0 Å². The van der Waals surface area contributed by atoms with Gasteiger partial charge in [-0.1, -0.05) is 48.5 Å². The molecule has 0 unspecified atom stereocenters. The molecule has 0 bridgehead atoms. The van der Waals surface area contributed by atoms with E-state index in [1.165, 1.54) is 0 Å². The summed E-state index contributed by atoms with van der Waals surface area (Å²) in [5, 5.41) is 1.66. The maximum absolute atomic E-state index is 12.3. The van der Waals surface area contributed by atoms with Crippen molar-refractivity contribution in [2.75, 3.05) is 0 Å². The van der Waals surface area contributed by atoms with Gasteiger partial charge in [0.25, 0.3) is 5.91 Å². The number of rotatable bonds is 4. The molecule has 0 aliphatic heterocycles. The summed E-state index contributed by atoms with van der Waals surface area (Å²) in [6, 6.07) is 16.6. The number of primary amides is 1. The fourth-order valence-electron chi connectivity index (χ4n) is 2.47. The molecular formula is C18H15N2O2+. The molecule has 0 fully saturated rings. The van der Waals surface area contributed by atoms with E-state index in [4.69, 9.17) is 5.73 Å². The second-order valence-corrected chi connectivity index (χ2v) is 5.08. The topological polar surface area (TPSA) is 64.0 Å². The number of nitrogens with zero attached hydrogens (tertiary/aromatic N) is 1. The number of carbonyl (C=O) groups excluding carboxylic acids is 2. The second kappa shape index (κ2) is 5.77. The number of amides is 1. The van der Waals surface area contributed by atoms with Gasteiger partial charge in [0, 0.05) is 16.3 Å². The summed E-state index contributed by atoms with van der Waals surface area (Å²) in [5.41, 5.74) is 6.51. The molecule has 4 heteroatoms. The molecule has 1 amide bonds. The van der Waals surface area contributed by atoms with Crippen LogP contribution in [0.25, 0.3) is 10.8 Å². The first-order valence-electron chi connectivity index (χ1n) is 6.95. The SMILES string of the molecule is NC(=O)c1c[n+](CC(=O)c2ccccc2)cc2ccccc12. The van der Waals surface area contributed by atoms with E-state index in [2.05, 4.69) is 0 Å². The van der Waals surface area contributed by atoms with Gasteiger partial charge in [0.15, 0.2) is 12.4 Å². The van der Waals surface area contributed by atoms with Crippen LogP contribution in [0.2, 0.25) is 0 Å². The van der Waals surface area contributed by atoms with E-state index in [-0.39, 0.29) is 12.3 Å². The fourth-order valence-corrected chi connectivity index (χ4v) is 2.47. The monoisotopic (exact) mass is 291 g/mol. The van der Waals surface area contributed by atoms with Crippen LogP contribution in [0.1, 0.15) is 20.7 Å². The molecule has 0 aliphatic rings. The highest BCUT2D eigenvalue weighted by molar-refractivity contribution is 6.05. The largest absolute Gasteiger partial charge is 0.365 e. The van der Waals surface area contributed by atoms with Gasteiger partial charge < -0.3 is 5.73 Å². The van der Waals surface area contributed by atoms with Gasteiger partial charge in [0.1, 0.15) is 5.56 Å². The maximum Gasteiger partial charge on any atom is 0.255 e. The molecule has 0 saturated carbocycles.